The summed E-state index contributed by atoms with van der Waals surface area (Å²) in [6, 6.07) is 16.3. The van der Waals surface area contributed by atoms with Crippen molar-refractivity contribution in [3.63, 3.8) is 0 Å². The number of benzene rings is 3. The lowest BCUT2D eigenvalue weighted by molar-refractivity contribution is 0.365. The highest BCUT2D eigenvalue weighted by Crippen LogP contribution is 2.39. The summed E-state index contributed by atoms with van der Waals surface area (Å²) in [5, 5.41) is 0. The standard InChI is InChI=1S/C29H29F3/c1-3-20-6-14-24(27(30)18-20)15-9-21-7-12-23(13-8-21)26-17-16-25(28(31)29(26)32)22-10-4-19(2)5-11-22/h4-6,9-11,14-18,21,23H,3,7-8,12-13H2,1-2H3. The molecule has 3 aromatic carbocycles. The van der Waals surface area contributed by atoms with Gasteiger partial charge in [0.2, 0.25) is 0 Å². The van der Waals surface area contributed by atoms with E-state index in [2.05, 4.69) is 6.08 Å². The second-order valence-electron chi connectivity index (χ2n) is 8.88. The van der Waals surface area contributed by atoms with Gasteiger partial charge >= 0.3 is 0 Å². The summed E-state index contributed by atoms with van der Waals surface area (Å²) in [6.07, 6.45) is 8.11. The minimum Gasteiger partial charge on any atom is -0.206 e. The van der Waals surface area contributed by atoms with Gasteiger partial charge in [0.25, 0.3) is 0 Å². The van der Waals surface area contributed by atoms with Crippen molar-refractivity contribution in [2.24, 2.45) is 5.92 Å². The van der Waals surface area contributed by atoms with E-state index >= 15 is 0 Å². The second kappa shape index (κ2) is 9.77. The molecule has 0 aromatic heterocycles. The zero-order valence-corrected chi connectivity index (χ0v) is 18.7. The Morgan fingerprint density at radius 1 is 0.844 bits per heavy atom. The fourth-order valence-corrected chi connectivity index (χ4v) is 4.62. The number of hydrogen-bond acceptors (Lipinski definition) is 0. The molecule has 1 aliphatic carbocycles. The smallest absolute Gasteiger partial charge is 0.166 e. The molecular weight excluding hydrogens is 405 g/mol. The van der Waals surface area contributed by atoms with Crippen molar-refractivity contribution >= 4 is 6.08 Å². The third-order valence-corrected chi connectivity index (χ3v) is 6.71. The van der Waals surface area contributed by atoms with Crippen LogP contribution in [0.15, 0.2) is 60.7 Å². The van der Waals surface area contributed by atoms with Crippen molar-refractivity contribution in [3.8, 4) is 11.1 Å². The molecule has 32 heavy (non-hydrogen) atoms. The highest BCUT2D eigenvalue weighted by molar-refractivity contribution is 5.65. The molecule has 0 nitrogen and oxygen atoms in total. The van der Waals surface area contributed by atoms with E-state index in [9.17, 15) is 13.2 Å². The first-order chi connectivity index (χ1) is 15.5. The molecule has 4 rings (SSSR count). The van der Waals surface area contributed by atoms with Crippen LogP contribution < -0.4 is 0 Å². The largest absolute Gasteiger partial charge is 0.206 e. The maximum absolute atomic E-state index is 15.0. The molecule has 0 N–H and O–H groups in total. The Bertz CT molecular complexity index is 1100. The summed E-state index contributed by atoms with van der Waals surface area (Å²) in [7, 11) is 0. The quantitative estimate of drug-likeness (QED) is 0.377. The van der Waals surface area contributed by atoms with Crippen LogP contribution in [0.1, 0.15) is 60.8 Å². The predicted molar refractivity (Wildman–Crippen MR) is 126 cm³/mol. The van der Waals surface area contributed by atoms with Crippen LogP contribution in [0.5, 0.6) is 0 Å². The number of halogens is 3. The van der Waals surface area contributed by atoms with E-state index in [1.165, 1.54) is 0 Å². The molecule has 0 unspecified atom stereocenters. The van der Waals surface area contributed by atoms with Crippen LogP contribution in [0, 0.1) is 30.3 Å². The lowest BCUT2D eigenvalue weighted by atomic mass is 9.78. The molecule has 1 saturated carbocycles. The molecule has 0 bridgehead atoms. The molecule has 0 atom stereocenters. The third-order valence-electron chi connectivity index (χ3n) is 6.71. The van der Waals surface area contributed by atoms with Crippen molar-refractivity contribution in [2.45, 2.75) is 51.9 Å². The first-order valence-electron chi connectivity index (χ1n) is 11.5. The van der Waals surface area contributed by atoms with Gasteiger partial charge in [0, 0.05) is 11.1 Å². The number of allylic oxidation sites excluding steroid dienone is 1. The first-order valence-corrected chi connectivity index (χ1v) is 11.5. The fourth-order valence-electron chi connectivity index (χ4n) is 4.62. The molecule has 166 valence electrons. The SMILES string of the molecule is CCc1ccc(C=CC2CCC(c3ccc(-c4ccc(C)cc4)c(F)c3F)CC2)c(F)c1. The Hall–Kier alpha value is -2.81. The van der Waals surface area contributed by atoms with Gasteiger partial charge in [-0.25, -0.2) is 13.2 Å². The van der Waals surface area contributed by atoms with Crippen molar-refractivity contribution in [1.29, 1.82) is 0 Å². The zero-order chi connectivity index (χ0) is 22.7. The molecule has 0 aliphatic heterocycles. The summed E-state index contributed by atoms with van der Waals surface area (Å²) >= 11 is 0. The fraction of sp³-hybridized carbons (Fsp3) is 0.310. The van der Waals surface area contributed by atoms with Crippen molar-refractivity contribution in [3.05, 3.63) is 100 Å². The van der Waals surface area contributed by atoms with Gasteiger partial charge in [0.15, 0.2) is 11.6 Å². The minimum absolute atomic E-state index is 0.0155. The Kier molecular flexibility index (Phi) is 6.83. The van der Waals surface area contributed by atoms with E-state index in [1.807, 2.05) is 56.3 Å². The zero-order valence-electron chi connectivity index (χ0n) is 18.7. The van der Waals surface area contributed by atoms with E-state index in [0.29, 0.717) is 28.2 Å². The summed E-state index contributed by atoms with van der Waals surface area (Å²) in [5.41, 5.74) is 4.14. The van der Waals surface area contributed by atoms with E-state index < -0.39 is 11.6 Å². The van der Waals surface area contributed by atoms with Crippen molar-refractivity contribution < 1.29 is 13.2 Å². The van der Waals surface area contributed by atoms with Gasteiger partial charge in [-0.15, -0.1) is 0 Å². The molecule has 1 fully saturated rings. The molecular formula is C29H29F3. The van der Waals surface area contributed by atoms with Crippen molar-refractivity contribution in [2.75, 3.05) is 0 Å². The van der Waals surface area contributed by atoms with E-state index in [-0.39, 0.29) is 11.7 Å². The molecule has 3 heteroatoms. The minimum atomic E-state index is -0.764. The van der Waals surface area contributed by atoms with Crippen molar-refractivity contribution in [1.82, 2.24) is 0 Å². The van der Waals surface area contributed by atoms with Gasteiger partial charge in [-0.3, -0.25) is 0 Å². The average Bonchev–Trinajstić information content (AvgIpc) is 2.81. The lowest BCUT2D eigenvalue weighted by Crippen LogP contribution is -2.13. The number of rotatable bonds is 5. The number of hydrogen-bond donors (Lipinski definition) is 0. The Labute approximate surface area is 188 Å². The van der Waals surface area contributed by atoms with Crippen LogP contribution in [0.4, 0.5) is 13.2 Å². The molecule has 1 aliphatic rings. The van der Waals surface area contributed by atoms with Gasteiger partial charge < -0.3 is 0 Å². The summed E-state index contributed by atoms with van der Waals surface area (Å²) < 4.78 is 44.0. The van der Waals surface area contributed by atoms with E-state index in [1.54, 1.807) is 18.2 Å². The maximum Gasteiger partial charge on any atom is 0.166 e. The van der Waals surface area contributed by atoms with Crippen LogP contribution >= 0.6 is 0 Å². The highest BCUT2D eigenvalue weighted by Gasteiger charge is 2.25. The Morgan fingerprint density at radius 2 is 1.56 bits per heavy atom. The Morgan fingerprint density at radius 3 is 2.22 bits per heavy atom. The van der Waals surface area contributed by atoms with E-state index in [0.717, 1.165) is 43.2 Å². The van der Waals surface area contributed by atoms with Gasteiger partial charge in [0.1, 0.15) is 5.82 Å². The van der Waals surface area contributed by atoms with Gasteiger partial charge in [-0.2, -0.15) is 0 Å². The van der Waals surface area contributed by atoms with Crippen LogP contribution in [0.2, 0.25) is 0 Å². The third kappa shape index (κ3) is 4.82. The first kappa shape index (κ1) is 22.4. The molecule has 0 radical (unpaired) electrons. The average molecular weight is 435 g/mol. The van der Waals surface area contributed by atoms with Gasteiger partial charge in [0.05, 0.1) is 0 Å². The van der Waals surface area contributed by atoms with Crippen LogP contribution in [-0.2, 0) is 6.42 Å². The maximum atomic E-state index is 15.0. The molecule has 0 saturated heterocycles. The second-order valence-corrected chi connectivity index (χ2v) is 8.88. The lowest BCUT2D eigenvalue weighted by Gasteiger charge is -2.27. The summed E-state index contributed by atoms with van der Waals surface area (Å²) in [5.74, 6) is -1.34. The highest BCUT2D eigenvalue weighted by atomic mass is 19.2. The predicted octanol–water partition coefficient (Wildman–Crippen LogP) is 8.63. The molecule has 0 spiro atoms. The topological polar surface area (TPSA) is 0 Å². The molecule has 0 heterocycles. The Balaban J connectivity index is 1.43. The van der Waals surface area contributed by atoms with Gasteiger partial charge in [-0.1, -0.05) is 73.2 Å². The summed E-state index contributed by atoms with van der Waals surface area (Å²) in [4.78, 5) is 0. The summed E-state index contributed by atoms with van der Waals surface area (Å²) in [6.45, 7) is 3.97. The van der Waals surface area contributed by atoms with E-state index in [4.69, 9.17) is 0 Å². The molecule has 3 aromatic rings. The van der Waals surface area contributed by atoms with Crippen LogP contribution in [-0.4, -0.2) is 0 Å². The van der Waals surface area contributed by atoms with Crippen LogP contribution in [0.3, 0.4) is 0 Å². The monoisotopic (exact) mass is 434 g/mol. The number of aryl methyl sites for hydroxylation is 2. The van der Waals surface area contributed by atoms with Crippen LogP contribution in [0.25, 0.3) is 17.2 Å². The molecule has 0 amide bonds. The van der Waals surface area contributed by atoms with Gasteiger partial charge in [-0.05, 0) is 73.6 Å². The normalized spacial score (nSPS) is 18.9.